The molecule has 1 aromatic heterocycles. The molecule has 2 heterocycles. The first-order valence-corrected chi connectivity index (χ1v) is 8.75. The highest BCUT2D eigenvalue weighted by Crippen LogP contribution is 2.38. The fourth-order valence-electron chi connectivity index (χ4n) is 3.49. The first-order valence-electron chi connectivity index (χ1n) is 8.75. The van der Waals surface area contributed by atoms with Gasteiger partial charge >= 0.3 is 12.2 Å². The van der Waals surface area contributed by atoms with Gasteiger partial charge in [0.2, 0.25) is 0 Å². The SMILES string of the molecule is CN1CCC(NC(=O)Nc2cccc3[nH]ncc23)c2ccc(C(F)(F)F)cc21. The second-order valence-electron chi connectivity index (χ2n) is 6.77. The predicted molar refractivity (Wildman–Crippen MR) is 100 cm³/mol. The maximum absolute atomic E-state index is 13.0. The molecule has 1 unspecified atom stereocenters. The summed E-state index contributed by atoms with van der Waals surface area (Å²) in [5, 5.41) is 13.2. The number of H-pyrrole nitrogens is 1. The molecule has 0 aliphatic carbocycles. The lowest BCUT2D eigenvalue weighted by Gasteiger charge is -2.34. The normalized spacial score (nSPS) is 16.7. The Kier molecular flexibility index (Phi) is 4.37. The van der Waals surface area contributed by atoms with Gasteiger partial charge in [-0.25, -0.2) is 4.79 Å². The van der Waals surface area contributed by atoms with Crippen LogP contribution in [0.2, 0.25) is 0 Å². The first-order chi connectivity index (χ1) is 13.3. The summed E-state index contributed by atoms with van der Waals surface area (Å²) in [4.78, 5) is 14.3. The third kappa shape index (κ3) is 3.35. The van der Waals surface area contributed by atoms with Crippen LogP contribution in [0.3, 0.4) is 0 Å². The average molecular weight is 389 g/mol. The van der Waals surface area contributed by atoms with Crippen LogP contribution in [0.15, 0.2) is 42.6 Å². The van der Waals surface area contributed by atoms with E-state index in [1.54, 1.807) is 30.3 Å². The number of amides is 2. The largest absolute Gasteiger partial charge is 0.416 e. The van der Waals surface area contributed by atoms with Gasteiger partial charge < -0.3 is 15.5 Å². The monoisotopic (exact) mass is 389 g/mol. The minimum Gasteiger partial charge on any atom is -0.374 e. The van der Waals surface area contributed by atoms with Crippen molar-refractivity contribution in [1.29, 1.82) is 0 Å². The van der Waals surface area contributed by atoms with Crippen molar-refractivity contribution >= 4 is 28.3 Å². The highest BCUT2D eigenvalue weighted by molar-refractivity contribution is 6.00. The summed E-state index contributed by atoms with van der Waals surface area (Å²) < 4.78 is 39.1. The number of anilines is 2. The Morgan fingerprint density at radius 1 is 1.29 bits per heavy atom. The Morgan fingerprint density at radius 2 is 2.11 bits per heavy atom. The fourth-order valence-corrected chi connectivity index (χ4v) is 3.49. The highest BCUT2D eigenvalue weighted by atomic mass is 19.4. The van der Waals surface area contributed by atoms with Gasteiger partial charge in [-0.1, -0.05) is 12.1 Å². The molecule has 3 aromatic rings. The average Bonchev–Trinajstić information content (AvgIpc) is 3.13. The lowest BCUT2D eigenvalue weighted by molar-refractivity contribution is -0.137. The summed E-state index contributed by atoms with van der Waals surface area (Å²) in [5.41, 5.74) is 1.84. The van der Waals surface area contributed by atoms with Crippen molar-refractivity contribution in [2.75, 3.05) is 23.8 Å². The van der Waals surface area contributed by atoms with E-state index in [2.05, 4.69) is 20.8 Å². The van der Waals surface area contributed by atoms with Crippen LogP contribution >= 0.6 is 0 Å². The van der Waals surface area contributed by atoms with Crippen molar-refractivity contribution in [2.24, 2.45) is 0 Å². The fraction of sp³-hybridized carbons (Fsp3) is 0.263. The first kappa shape index (κ1) is 18.1. The maximum Gasteiger partial charge on any atom is 0.416 e. The zero-order valence-corrected chi connectivity index (χ0v) is 15.0. The van der Waals surface area contributed by atoms with Gasteiger partial charge in [-0.15, -0.1) is 0 Å². The van der Waals surface area contributed by atoms with Gasteiger partial charge in [0.1, 0.15) is 0 Å². The molecule has 1 aliphatic heterocycles. The Balaban J connectivity index is 1.55. The molecule has 3 N–H and O–H groups in total. The van der Waals surface area contributed by atoms with E-state index < -0.39 is 17.8 Å². The van der Waals surface area contributed by atoms with Crippen LogP contribution in [0.25, 0.3) is 10.9 Å². The Labute approximate surface area is 158 Å². The number of fused-ring (bicyclic) bond motifs is 2. The van der Waals surface area contributed by atoms with E-state index in [4.69, 9.17) is 0 Å². The molecule has 2 amide bonds. The van der Waals surface area contributed by atoms with Crippen LogP contribution < -0.4 is 15.5 Å². The molecule has 0 saturated heterocycles. The number of rotatable bonds is 2. The molecule has 1 aliphatic rings. The number of nitrogens with zero attached hydrogens (tertiary/aromatic N) is 2. The summed E-state index contributed by atoms with van der Waals surface area (Å²) in [6.45, 7) is 0.538. The molecule has 0 saturated carbocycles. The van der Waals surface area contributed by atoms with E-state index in [1.807, 2.05) is 6.07 Å². The number of carbonyl (C=O) groups excluding carboxylic acids is 1. The van der Waals surface area contributed by atoms with Gasteiger partial charge in [-0.3, -0.25) is 5.10 Å². The van der Waals surface area contributed by atoms with Gasteiger partial charge in [0.15, 0.2) is 0 Å². The predicted octanol–water partition coefficient (Wildman–Crippen LogP) is 4.28. The van der Waals surface area contributed by atoms with E-state index in [0.29, 0.717) is 29.9 Å². The van der Waals surface area contributed by atoms with Crippen LogP contribution in [0.4, 0.5) is 29.3 Å². The number of hydrogen-bond donors (Lipinski definition) is 3. The molecule has 0 bridgehead atoms. The number of aromatic nitrogens is 2. The van der Waals surface area contributed by atoms with E-state index in [-0.39, 0.29) is 6.04 Å². The molecule has 146 valence electrons. The van der Waals surface area contributed by atoms with E-state index in [0.717, 1.165) is 23.0 Å². The lowest BCUT2D eigenvalue weighted by Crippen LogP contribution is -2.38. The van der Waals surface area contributed by atoms with E-state index >= 15 is 0 Å². The van der Waals surface area contributed by atoms with Crippen LogP contribution in [0.1, 0.15) is 23.6 Å². The van der Waals surface area contributed by atoms with Gasteiger partial charge in [-0.2, -0.15) is 18.3 Å². The number of aromatic amines is 1. The number of nitrogens with one attached hydrogen (secondary N) is 3. The second-order valence-corrected chi connectivity index (χ2v) is 6.77. The molecule has 0 fully saturated rings. The molecule has 4 rings (SSSR count). The summed E-state index contributed by atoms with van der Waals surface area (Å²) in [7, 11) is 1.74. The lowest BCUT2D eigenvalue weighted by atomic mass is 9.95. The zero-order chi connectivity index (χ0) is 19.9. The highest BCUT2D eigenvalue weighted by Gasteiger charge is 2.33. The summed E-state index contributed by atoms with van der Waals surface area (Å²) in [6.07, 6.45) is -2.19. The molecule has 1 atom stereocenters. The maximum atomic E-state index is 13.0. The zero-order valence-electron chi connectivity index (χ0n) is 15.0. The van der Waals surface area contributed by atoms with Gasteiger partial charge in [-0.05, 0) is 36.2 Å². The molecule has 28 heavy (non-hydrogen) atoms. The van der Waals surface area contributed by atoms with Crippen LogP contribution in [0.5, 0.6) is 0 Å². The summed E-state index contributed by atoms with van der Waals surface area (Å²) >= 11 is 0. The number of halogens is 3. The minimum atomic E-state index is -4.41. The van der Waals surface area contributed by atoms with Gasteiger partial charge in [0, 0.05) is 24.7 Å². The molecule has 9 heteroatoms. The third-order valence-electron chi connectivity index (χ3n) is 4.94. The molecular weight excluding hydrogens is 371 g/mol. The Bertz CT molecular complexity index is 1030. The van der Waals surface area contributed by atoms with Crippen molar-refractivity contribution in [2.45, 2.75) is 18.6 Å². The van der Waals surface area contributed by atoms with Gasteiger partial charge in [0.05, 0.1) is 29.0 Å². The summed E-state index contributed by atoms with van der Waals surface area (Å²) in [5.74, 6) is 0. The molecule has 0 spiro atoms. The number of hydrogen-bond acceptors (Lipinski definition) is 3. The van der Waals surface area contributed by atoms with Crippen LogP contribution in [-0.4, -0.2) is 29.8 Å². The Hall–Kier alpha value is -3.23. The topological polar surface area (TPSA) is 73.1 Å². The molecular formula is C19H18F3N5O. The van der Waals surface area contributed by atoms with Crippen molar-refractivity contribution < 1.29 is 18.0 Å². The summed E-state index contributed by atoms with van der Waals surface area (Å²) in [6, 6.07) is 8.22. The smallest absolute Gasteiger partial charge is 0.374 e. The molecule has 6 nitrogen and oxygen atoms in total. The number of benzene rings is 2. The quantitative estimate of drug-likeness (QED) is 0.612. The number of urea groups is 1. The van der Waals surface area contributed by atoms with Crippen molar-refractivity contribution in [3.8, 4) is 0 Å². The van der Waals surface area contributed by atoms with E-state index in [1.165, 1.54) is 6.07 Å². The molecule has 2 aromatic carbocycles. The standard InChI is InChI=1S/C19H18F3N5O/c1-27-8-7-15(12-6-5-11(9-17(12)27)19(20,21)22)25-18(28)24-14-3-2-4-16-13(14)10-23-26-16/h2-6,9-10,15H,7-8H2,1H3,(H,23,26)(H2,24,25,28). The van der Waals surface area contributed by atoms with Gasteiger partial charge in [0.25, 0.3) is 0 Å². The van der Waals surface area contributed by atoms with Crippen molar-refractivity contribution in [3.63, 3.8) is 0 Å². The number of alkyl halides is 3. The third-order valence-corrected chi connectivity index (χ3v) is 4.94. The van der Waals surface area contributed by atoms with E-state index in [9.17, 15) is 18.0 Å². The van der Waals surface area contributed by atoms with Crippen LogP contribution in [-0.2, 0) is 6.18 Å². The number of carbonyl (C=O) groups is 1. The van der Waals surface area contributed by atoms with Crippen molar-refractivity contribution in [1.82, 2.24) is 15.5 Å². The van der Waals surface area contributed by atoms with Crippen LogP contribution in [0, 0.1) is 0 Å². The minimum absolute atomic E-state index is 0.378. The van der Waals surface area contributed by atoms with Crippen molar-refractivity contribution in [3.05, 3.63) is 53.7 Å². The molecule has 0 radical (unpaired) electrons. The Morgan fingerprint density at radius 3 is 2.89 bits per heavy atom. The second kappa shape index (κ2) is 6.74.